The summed E-state index contributed by atoms with van der Waals surface area (Å²) in [5.74, 6) is 0. The van der Waals surface area contributed by atoms with Crippen LogP contribution >= 0.6 is 0 Å². The molecule has 0 saturated carbocycles. The fraction of sp³-hybridized carbons (Fsp3) is 0.238. The molecule has 0 fully saturated rings. The molecule has 0 spiro atoms. The van der Waals surface area contributed by atoms with Crippen molar-refractivity contribution in [2.24, 2.45) is 0 Å². The van der Waals surface area contributed by atoms with Gasteiger partial charge >= 0.3 is 162 Å². The van der Waals surface area contributed by atoms with Gasteiger partial charge in [-0.25, -0.2) is 0 Å². The van der Waals surface area contributed by atoms with Gasteiger partial charge in [-0.15, -0.1) is 0 Å². The van der Waals surface area contributed by atoms with Gasteiger partial charge in [0.15, 0.2) is 0 Å². The van der Waals surface area contributed by atoms with Gasteiger partial charge in [0, 0.05) is 0 Å². The second-order valence-corrected chi connectivity index (χ2v) is 10.1. The van der Waals surface area contributed by atoms with E-state index in [2.05, 4.69) is 70.6 Å². The number of likely N-dealkylation sites (N-methyl/N-ethyl adjacent to an activating group) is 2. The minimum absolute atomic E-state index is 0.544. The Kier molecular flexibility index (Phi) is 4.56. The summed E-state index contributed by atoms with van der Waals surface area (Å²) in [5, 5.41) is 10.2. The minimum atomic E-state index is -0.816. The molecule has 126 valence electrons. The molecule has 2 aliphatic rings. The van der Waals surface area contributed by atoms with E-state index < -0.39 is 23.2 Å². The number of nitrogens with one attached hydrogen (secondary N) is 3. The molecule has 0 heterocycles. The van der Waals surface area contributed by atoms with Crippen molar-refractivity contribution in [2.45, 2.75) is 7.25 Å². The molecule has 3 nitrogen and oxygen atoms in total. The first-order valence-electron chi connectivity index (χ1n) is 8.72. The second-order valence-electron chi connectivity index (χ2n) is 6.37. The van der Waals surface area contributed by atoms with E-state index in [4.69, 9.17) is 0 Å². The van der Waals surface area contributed by atoms with Crippen LogP contribution in [0.4, 0.5) is 0 Å². The Bertz CT molecular complexity index is 823. The van der Waals surface area contributed by atoms with Crippen molar-refractivity contribution < 1.29 is 23.2 Å². The SMILES string of the molecule is CNC1=C[CH]([Zr][CH]2c3ccccc3-c3ccccc32)C(NC)=C1NC. The molecule has 0 bridgehead atoms. The number of rotatable bonds is 5. The van der Waals surface area contributed by atoms with E-state index in [1.807, 2.05) is 21.1 Å². The molecule has 4 heteroatoms. The van der Waals surface area contributed by atoms with Crippen LogP contribution in [-0.2, 0) is 23.2 Å². The van der Waals surface area contributed by atoms with Crippen LogP contribution in [0.3, 0.4) is 0 Å². The van der Waals surface area contributed by atoms with Crippen LogP contribution < -0.4 is 16.0 Å². The first-order chi connectivity index (χ1) is 12.3. The summed E-state index contributed by atoms with van der Waals surface area (Å²) in [7, 11) is 6.05. The summed E-state index contributed by atoms with van der Waals surface area (Å²) in [5.41, 5.74) is 9.71. The molecule has 0 amide bonds. The second kappa shape index (κ2) is 6.84. The topological polar surface area (TPSA) is 36.1 Å². The summed E-state index contributed by atoms with van der Waals surface area (Å²) in [6.07, 6.45) is 2.42. The van der Waals surface area contributed by atoms with Gasteiger partial charge < -0.3 is 0 Å². The van der Waals surface area contributed by atoms with Crippen LogP contribution in [0.1, 0.15) is 14.8 Å². The Morgan fingerprint density at radius 1 is 0.760 bits per heavy atom. The average Bonchev–Trinajstić information content (AvgIpc) is 3.17. The average molecular weight is 409 g/mol. The quantitative estimate of drug-likeness (QED) is 0.710. The van der Waals surface area contributed by atoms with E-state index in [-0.39, 0.29) is 0 Å². The molecule has 4 rings (SSSR count). The summed E-state index contributed by atoms with van der Waals surface area (Å²) in [4.78, 5) is 0. The molecule has 2 aromatic rings. The molecule has 0 radical (unpaired) electrons. The fourth-order valence-corrected chi connectivity index (χ4v) is 8.81. The predicted molar refractivity (Wildman–Crippen MR) is 99.8 cm³/mol. The van der Waals surface area contributed by atoms with E-state index in [0.29, 0.717) is 7.25 Å². The third-order valence-electron chi connectivity index (χ3n) is 5.15. The molecule has 0 aliphatic heterocycles. The first kappa shape index (κ1) is 16.7. The summed E-state index contributed by atoms with van der Waals surface area (Å²) < 4.78 is 1.15. The normalized spacial score (nSPS) is 18.5. The van der Waals surface area contributed by atoms with E-state index in [1.54, 1.807) is 0 Å². The number of hydrogen-bond acceptors (Lipinski definition) is 3. The van der Waals surface area contributed by atoms with Crippen LogP contribution in [0.2, 0.25) is 3.63 Å². The van der Waals surface area contributed by atoms with Gasteiger partial charge in [-0.2, -0.15) is 0 Å². The maximum atomic E-state index is 3.47. The van der Waals surface area contributed by atoms with E-state index in [9.17, 15) is 0 Å². The Balaban J connectivity index is 1.74. The van der Waals surface area contributed by atoms with Crippen molar-refractivity contribution in [1.82, 2.24) is 16.0 Å². The van der Waals surface area contributed by atoms with Crippen molar-refractivity contribution >= 4 is 0 Å². The van der Waals surface area contributed by atoms with Crippen LogP contribution in [0, 0.1) is 0 Å². The van der Waals surface area contributed by atoms with E-state index in [0.717, 1.165) is 0 Å². The van der Waals surface area contributed by atoms with Crippen LogP contribution in [0.25, 0.3) is 11.1 Å². The molecule has 1 unspecified atom stereocenters. The zero-order chi connectivity index (χ0) is 17.4. The zero-order valence-corrected chi connectivity index (χ0v) is 17.3. The van der Waals surface area contributed by atoms with Crippen molar-refractivity contribution in [2.75, 3.05) is 21.1 Å². The van der Waals surface area contributed by atoms with E-state index in [1.165, 1.54) is 39.3 Å². The van der Waals surface area contributed by atoms with Gasteiger partial charge in [0.1, 0.15) is 0 Å². The molecule has 0 aromatic heterocycles. The van der Waals surface area contributed by atoms with Crippen LogP contribution in [0.5, 0.6) is 0 Å². The van der Waals surface area contributed by atoms with Crippen molar-refractivity contribution in [3.63, 3.8) is 0 Å². The summed E-state index contributed by atoms with van der Waals surface area (Å²) >= 11 is -0.816. The predicted octanol–water partition coefficient (Wildman–Crippen LogP) is 3.39. The van der Waals surface area contributed by atoms with Gasteiger partial charge in [0.2, 0.25) is 0 Å². The van der Waals surface area contributed by atoms with Gasteiger partial charge in [0.25, 0.3) is 0 Å². The third-order valence-corrected chi connectivity index (χ3v) is 9.50. The summed E-state index contributed by atoms with van der Waals surface area (Å²) in [6, 6.07) is 17.9. The van der Waals surface area contributed by atoms with Crippen LogP contribution in [-0.4, -0.2) is 21.1 Å². The standard InChI is InChI=1S/C13H9.C8H14N3.Zr/c1-3-7-12-10(5-1)9-11-6-2-4-8-13(11)12;1-9-6-4-5-7(10-2)8(6)11-3;/h1-9H;4-5,9-11H,1-3H3;. The third kappa shape index (κ3) is 2.68. The molecule has 2 aliphatic carbocycles. The van der Waals surface area contributed by atoms with Gasteiger partial charge in [-0.1, -0.05) is 0 Å². The molecule has 2 aromatic carbocycles. The number of fused-ring (bicyclic) bond motifs is 3. The Hall–Kier alpha value is -1.80. The van der Waals surface area contributed by atoms with Crippen LogP contribution in [0.15, 0.2) is 71.7 Å². The number of benzene rings is 2. The molecular weight excluding hydrogens is 385 g/mol. The van der Waals surface area contributed by atoms with E-state index >= 15 is 0 Å². The Labute approximate surface area is 161 Å². The Morgan fingerprint density at radius 2 is 1.36 bits per heavy atom. The van der Waals surface area contributed by atoms with Gasteiger partial charge in [-0.3, -0.25) is 0 Å². The monoisotopic (exact) mass is 407 g/mol. The zero-order valence-electron chi connectivity index (χ0n) is 14.9. The number of allylic oxidation sites excluding steroid dienone is 1. The fourth-order valence-electron chi connectivity index (χ4n) is 4.04. The molecule has 25 heavy (non-hydrogen) atoms. The maximum absolute atomic E-state index is 3.47. The molecule has 3 N–H and O–H groups in total. The number of hydrogen-bond donors (Lipinski definition) is 3. The molecule has 0 saturated heterocycles. The first-order valence-corrected chi connectivity index (χ1v) is 11.6. The summed E-state index contributed by atoms with van der Waals surface area (Å²) in [6.45, 7) is 0. The Morgan fingerprint density at radius 3 is 1.88 bits per heavy atom. The van der Waals surface area contributed by atoms with Gasteiger partial charge in [-0.05, 0) is 0 Å². The van der Waals surface area contributed by atoms with Crippen molar-refractivity contribution in [3.8, 4) is 11.1 Å². The van der Waals surface area contributed by atoms with Crippen molar-refractivity contribution in [3.05, 3.63) is 82.8 Å². The molecular formula is C21H23N3Zr. The van der Waals surface area contributed by atoms with Gasteiger partial charge in [0.05, 0.1) is 0 Å². The molecule has 1 atom stereocenters. The van der Waals surface area contributed by atoms with Crippen molar-refractivity contribution in [1.29, 1.82) is 0 Å².